The van der Waals surface area contributed by atoms with Crippen molar-refractivity contribution in [3.05, 3.63) is 59.2 Å². The molecule has 0 aliphatic rings. The molecule has 0 radical (unpaired) electrons. The summed E-state index contributed by atoms with van der Waals surface area (Å²) in [7, 11) is 1.76. The van der Waals surface area contributed by atoms with E-state index in [9.17, 15) is 13.2 Å². The number of hydrogen-bond acceptors (Lipinski definition) is 2. The Morgan fingerprint density at radius 1 is 1.05 bits per heavy atom. The Morgan fingerprint density at radius 2 is 1.67 bits per heavy atom. The summed E-state index contributed by atoms with van der Waals surface area (Å²) in [4.78, 5) is 1.76. The lowest BCUT2D eigenvalue weighted by Crippen LogP contribution is -2.18. The molecule has 2 rings (SSSR count). The van der Waals surface area contributed by atoms with Gasteiger partial charge in [0.05, 0.1) is 5.56 Å². The summed E-state index contributed by atoms with van der Waals surface area (Å²) < 4.78 is 38.6. The third kappa shape index (κ3) is 3.68. The lowest BCUT2D eigenvalue weighted by atomic mass is 10.1. The quantitative estimate of drug-likeness (QED) is 0.858. The Balaban J connectivity index is 2.23. The van der Waals surface area contributed by atoms with Crippen molar-refractivity contribution < 1.29 is 13.2 Å². The molecular weight excluding hydrogens is 277 g/mol. The number of anilines is 2. The first-order chi connectivity index (χ1) is 9.77. The first-order valence-corrected chi connectivity index (χ1v) is 6.51. The van der Waals surface area contributed by atoms with Gasteiger partial charge in [0.2, 0.25) is 0 Å². The van der Waals surface area contributed by atoms with Crippen LogP contribution in [0, 0.1) is 6.92 Å². The third-order valence-electron chi connectivity index (χ3n) is 3.32. The van der Waals surface area contributed by atoms with Crippen LogP contribution in [-0.4, -0.2) is 7.05 Å². The van der Waals surface area contributed by atoms with Crippen LogP contribution >= 0.6 is 0 Å². The van der Waals surface area contributed by atoms with E-state index in [1.54, 1.807) is 18.0 Å². The zero-order valence-electron chi connectivity index (χ0n) is 11.9. The first kappa shape index (κ1) is 15.2. The van der Waals surface area contributed by atoms with Crippen molar-refractivity contribution in [1.82, 2.24) is 0 Å². The molecule has 0 spiro atoms. The van der Waals surface area contributed by atoms with E-state index in [2.05, 4.69) is 0 Å². The van der Waals surface area contributed by atoms with Gasteiger partial charge in [-0.2, -0.15) is 13.2 Å². The van der Waals surface area contributed by atoms with E-state index >= 15 is 0 Å². The lowest BCUT2D eigenvalue weighted by molar-refractivity contribution is -0.136. The van der Waals surface area contributed by atoms with Crippen molar-refractivity contribution in [2.75, 3.05) is 17.7 Å². The van der Waals surface area contributed by atoms with E-state index in [-0.39, 0.29) is 5.69 Å². The zero-order valence-corrected chi connectivity index (χ0v) is 11.9. The van der Waals surface area contributed by atoms with Gasteiger partial charge in [-0.1, -0.05) is 29.8 Å². The Morgan fingerprint density at radius 3 is 2.24 bits per heavy atom. The Labute approximate surface area is 122 Å². The molecule has 5 heteroatoms. The maximum Gasteiger partial charge on any atom is 0.418 e. The summed E-state index contributed by atoms with van der Waals surface area (Å²) in [5.41, 5.74) is 7.02. The second kappa shape index (κ2) is 5.68. The number of hydrogen-bond donors (Lipinski definition) is 1. The predicted molar refractivity (Wildman–Crippen MR) is 79.1 cm³/mol. The highest BCUT2D eigenvalue weighted by atomic mass is 19.4. The fraction of sp³-hybridized carbons (Fsp3) is 0.250. The van der Waals surface area contributed by atoms with Gasteiger partial charge in [0.25, 0.3) is 0 Å². The molecule has 0 bridgehead atoms. The SMILES string of the molecule is Cc1ccc(CN(C)c2ccc(N)c(C(F)(F)F)c2)cc1. The van der Waals surface area contributed by atoms with Crippen molar-refractivity contribution in [1.29, 1.82) is 0 Å². The second-order valence-electron chi connectivity index (χ2n) is 5.11. The molecule has 0 saturated heterocycles. The maximum atomic E-state index is 12.9. The van der Waals surface area contributed by atoms with Gasteiger partial charge in [-0.15, -0.1) is 0 Å². The number of nitrogen functional groups attached to an aromatic ring is 1. The minimum Gasteiger partial charge on any atom is -0.398 e. The molecule has 0 aliphatic heterocycles. The van der Waals surface area contributed by atoms with Crippen LogP contribution in [0.1, 0.15) is 16.7 Å². The fourth-order valence-electron chi connectivity index (χ4n) is 2.09. The largest absolute Gasteiger partial charge is 0.418 e. The average Bonchev–Trinajstić information content (AvgIpc) is 2.40. The van der Waals surface area contributed by atoms with Crippen molar-refractivity contribution in [3.8, 4) is 0 Å². The predicted octanol–water partition coefficient (Wildman–Crippen LogP) is 4.23. The molecule has 2 N–H and O–H groups in total. The monoisotopic (exact) mass is 294 g/mol. The Kier molecular flexibility index (Phi) is 4.11. The molecule has 0 unspecified atom stereocenters. The minimum atomic E-state index is -4.44. The minimum absolute atomic E-state index is 0.255. The summed E-state index contributed by atoms with van der Waals surface area (Å²) >= 11 is 0. The van der Waals surface area contributed by atoms with E-state index in [4.69, 9.17) is 5.73 Å². The summed E-state index contributed by atoms with van der Waals surface area (Å²) in [6.45, 7) is 2.52. The van der Waals surface area contributed by atoms with Crippen molar-refractivity contribution >= 4 is 11.4 Å². The summed E-state index contributed by atoms with van der Waals surface area (Å²) in [6.07, 6.45) is -4.44. The number of benzene rings is 2. The van der Waals surface area contributed by atoms with E-state index in [0.29, 0.717) is 12.2 Å². The third-order valence-corrected chi connectivity index (χ3v) is 3.32. The van der Waals surface area contributed by atoms with Gasteiger partial charge < -0.3 is 10.6 Å². The van der Waals surface area contributed by atoms with Crippen LogP contribution < -0.4 is 10.6 Å². The topological polar surface area (TPSA) is 29.3 Å². The molecule has 2 aromatic rings. The highest BCUT2D eigenvalue weighted by Crippen LogP contribution is 2.35. The van der Waals surface area contributed by atoms with Crippen molar-refractivity contribution in [2.24, 2.45) is 0 Å². The average molecular weight is 294 g/mol. The second-order valence-corrected chi connectivity index (χ2v) is 5.11. The van der Waals surface area contributed by atoms with Crippen LogP contribution in [0.3, 0.4) is 0 Å². The van der Waals surface area contributed by atoms with Crippen LogP contribution in [-0.2, 0) is 12.7 Å². The summed E-state index contributed by atoms with van der Waals surface area (Å²) in [5.74, 6) is 0. The van der Waals surface area contributed by atoms with Crippen LogP contribution in [0.15, 0.2) is 42.5 Å². The van der Waals surface area contributed by atoms with Crippen molar-refractivity contribution in [2.45, 2.75) is 19.6 Å². The summed E-state index contributed by atoms with van der Waals surface area (Å²) in [5, 5.41) is 0. The zero-order chi connectivity index (χ0) is 15.6. The number of alkyl halides is 3. The van der Waals surface area contributed by atoms with Crippen LogP contribution in [0.5, 0.6) is 0 Å². The smallest absolute Gasteiger partial charge is 0.398 e. The molecular formula is C16H17F3N2. The molecule has 0 aliphatic carbocycles. The molecule has 0 atom stereocenters. The summed E-state index contributed by atoms with van der Waals surface area (Å²) in [6, 6.07) is 11.9. The van der Waals surface area contributed by atoms with Gasteiger partial charge in [0, 0.05) is 25.0 Å². The van der Waals surface area contributed by atoms with Gasteiger partial charge in [-0.05, 0) is 30.7 Å². The number of nitrogens with zero attached hydrogens (tertiary/aromatic N) is 1. The van der Waals surface area contributed by atoms with Gasteiger partial charge in [-0.25, -0.2) is 0 Å². The van der Waals surface area contributed by atoms with E-state index in [0.717, 1.165) is 17.2 Å². The number of halogens is 3. The van der Waals surface area contributed by atoms with E-state index in [1.165, 1.54) is 6.07 Å². The molecule has 2 aromatic carbocycles. The molecule has 0 aromatic heterocycles. The van der Waals surface area contributed by atoms with Gasteiger partial charge in [0.1, 0.15) is 0 Å². The first-order valence-electron chi connectivity index (χ1n) is 6.51. The maximum absolute atomic E-state index is 12.9. The van der Waals surface area contributed by atoms with Crippen LogP contribution in [0.4, 0.5) is 24.5 Å². The normalized spacial score (nSPS) is 11.5. The highest BCUT2D eigenvalue weighted by Gasteiger charge is 2.33. The molecule has 0 amide bonds. The molecule has 0 saturated carbocycles. The van der Waals surface area contributed by atoms with Gasteiger partial charge in [0.15, 0.2) is 0 Å². The number of aryl methyl sites for hydroxylation is 1. The van der Waals surface area contributed by atoms with Gasteiger partial charge in [-0.3, -0.25) is 0 Å². The van der Waals surface area contributed by atoms with E-state index < -0.39 is 11.7 Å². The van der Waals surface area contributed by atoms with Crippen LogP contribution in [0.2, 0.25) is 0 Å². The molecule has 2 nitrogen and oxygen atoms in total. The molecule has 112 valence electrons. The van der Waals surface area contributed by atoms with Gasteiger partial charge >= 0.3 is 6.18 Å². The fourth-order valence-corrected chi connectivity index (χ4v) is 2.09. The Bertz CT molecular complexity index is 618. The van der Waals surface area contributed by atoms with Crippen LogP contribution in [0.25, 0.3) is 0 Å². The highest BCUT2D eigenvalue weighted by molar-refractivity contribution is 5.59. The van der Waals surface area contributed by atoms with E-state index in [1.807, 2.05) is 31.2 Å². The molecule has 21 heavy (non-hydrogen) atoms. The molecule has 0 fully saturated rings. The standard InChI is InChI=1S/C16H17F3N2/c1-11-3-5-12(6-4-11)10-21(2)13-7-8-15(20)14(9-13)16(17,18)19/h3-9H,10,20H2,1-2H3. The number of rotatable bonds is 3. The Hall–Kier alpha value is -2.17. The molecule has 0 heterocycles. The van der Waals surface area contributed by atoms with Crippen molar-refractivity contribution in [3.63, 3.8) is 0 Å². The number of nitrogens with two attached hydrogens (primary N) is 1. The lowest BCUT2D eigenvalue weighted by Gasteiger charge is -2.21.